The summed E-state index contributed by atoms with van der Waals surface area (Å²) in [5.41, 5.74) is 0.746. The van der Waals surface area contributed by atoms with Gasteiger partial charge >= 0.3 is 0 Å². The lowest BCUT2D eigenvalue weighted by Crippen LogP contribution is -2.20. The van der Waals surface area contributed by atoms with Crippen LogP contribution in [0.2, 0.25) is 0 Å². The number of ether oxygens (including phenoxy) is 3. The molecule has 0 spiro atoms. The van der Waals surface area contributed by atoms with E-state index in [0.717, 1.165) is 5.56 Å². The van der Waals surface area contributed by atoms with Crippen molar-refractivity contribution in [2.45, 2.75) is 0 Å². The maximum absolute atomic E-state index is 11.9. The fraction of sp³-hybridized carbons (Fsp3) is 0.167. The SMILES string of the molecule is COc1ccc(-c2nc(NC(=O)COc3ccccc3)n[nH]2)cc1OC. The minimum absolute atomic E-state index is 0.135. The van der Waals surface area contributed by atoms with E-state index in [1.54, 1.807) is 38.5 Å². The van der Waals surface area contributed by atoms with E-state index in [1.807, 2.05) is 24.3 Å². The monoisotopic (exact) mass is 354 g/mol. The Kier molecular flexibility index (Phi) is 5.33. The van der Waals surface area contributed by atoms with Gasteiger partial charge in [-0.25, -0.2) is 0 Å². The van der Waals surface area contributed by atoms with Crippen molar-refractivity contribution in [2.24, 2.45) is 0 Å². The van der Waals surface area contributed by atoms with Gasteiger partial charge in [-0.3, -0.25) is 15.2 Å². The molecule has 0 unspecified atom stereocenters. The molecule has 1 aromatic heterocycles. The predicted molar refractivity (Wildman–Crippen MR) is 95.5 cm³/mol. The molecular weight excluding hydrogens is 336 g/mol. The summed E-state index contributed by atoms with van der Waals surface area (Å²) in [7, 11) is 3.12. The van der Waals surface area contributed by atoms with Crippen LogP contribution >= 0.6 is 0 Å². The van der Waals surface area contributed by atoms with Crippen molar-refractivity contribution in [2.75, 3.05) is 26.1 Å². The minimum atomic E-state index is -0.355. The minimum Gasteiger partial charge on any atom is -0.493 e. The number of nitrogens with one attached hydrogen (secondary N) is 2. The number of hydrogen-bond donors (Lipinski definition) is 2. The number of hydrogen-bond acceptors (Lipinski definition) is 6. The fourth-order valence-corrected chi connectivity index (χ4v) is 2.26. The lowest BCUT2D eigenvalue weighted by molar-refractivity contribution is -0.118. The number of anilines is 1. The second-order valence-corrected chi connectivity index (χ2v) is 5.23. The Morgan fingerprint density at radius 2 is 1.85 bits per heavy atom. The van der Waals surface area contributed by atoms with Gasteiger partial charge in [0.1, 0.15) is 5.75 Å². The van der Waals surface area contributed by atoms with E-state index in [-0.39, 0.29) is 18.5 Å². The molecule has 134 valence electrons. The molecule has 1 amide bonds. The molecule has 0 saturated carbocycles. The lowest BCUT2D eigenvalue weighted by Gasteiger charge is -2.08. The van der Waals surface area contributed by atoms with Crippen LogP contribution in [0.5, 0.6) is 17.2 Å². The highest BCUT2D eigenvalue weighted by atomic mass is 16.5. The highest BCUT2D eigenvalue weighted by Gasteiger charge is 2.12. The molecule has 0 bridgehead atoms. The first-order chi connectivity index (χ1) is 12.7. The normalized spacial score (nSPS) is 10.2. The molecule has 2 aromatic carbocycles. The van der Waals surface area contributed by atoms with Crippen LogP contribution in [0.25, 0.3) is 11.4 Å². The van der Waals surface area contributed by atoms with Crippen LogP contribution in [0.15, 0.2) is 48.5 Å². The van der Waals surface area contributed by atoms with E-state index in [2.05, 4.69) is 20.5 Å². The van der Waals surface area contributed by atoms with Gasteiger partial charge in [0.15, 0.2) is 23.9 Å². The van der Waals surface area contributed by atoms with Crippen LogP contribution in [-0.2, 0) is 4.79 Å². The fourth-order valence-electron chi connectivity index (χ4n) is 2.26. The molecule has 0 saturated heterocycles. The number of rotatable bonds is 7. The molecule has 1 heterocycles. The molecule has 0 aliphatic rings. The molecule has 2 N–H and O–H groups in total. The zero-order valence-corrected chi connectivity index (χ0v) is 14.4. The molecule has 0 radical (unpaired) electrons. The van der Waals surface area contributed by atoms with Crippen LogP contribution in [-0.4, -0.2) is 41.9 Å². The molecule has 0 fully saturated rings. The summed E-state index contributed by atoms with van der Waals surface area (Å²) in [6, 6.07) is 14.4. The van der Waals surface area contributed by atoms with Gasteiger partial charge < -0.3 is 14.2 Å². The van der Waals surface area contributed by atoms with Gasteiger partial charge in [-0.1, -0.05) is 18.2 Å². The Morgan fingerprint density at radius 3 is 2.58 bits per heavy atom. The first kappa shape index (κ1) is 17.3. The number of benzene rings is 2. The van der Waals surface area contributed by atoms with Gasteiger partial charge in [-0.2, -0.15) is 4.98 Å². The van der Waals surface area contributed by atoms with Crippen molar-refractivity contribution >= 4 is 11.9 Å². The largest absolute Gasteiger partial charge is 0.493 e. The second-order valence-electron chi connectivity index (χ2n) is 5.23. The van der Waals surface area contributed by atoms with E-state index in [0.29, 0.717) is 23.1 Å². The summed E-state index contributed by atoms with van der Waals surface area (Å²) in [6.07, 6.45) is 0. The van der Waals surface area contributed by atoms with E-state index < -0.39 is 0 Å². The summed E-state index contributed by atoms with van der Waals surface area (Å²) >= 11 is 0. The summed E-state index contributed by atoms with van der Waals surface area (Å²) in [6.45, 7) is -0.135. The summed E-state index contributed by atoms with van der Waals surface area (Å²) < 4.78 is 15.9. The summed E-state index contributed by atoms with van der Waals surface area (Å²) in [4.78, 5) is 16.2. The topological polar surface area (TPSA) is 98.4 Å². The third kappa shape index (κ3) is 4.10. The van der Waals surface area contributed by atoms with Crippen molar-refractivity contribution in [3.63, 3.8) is 0 Å². The van der Waals surface area contributed by atoms with Crippen molar-refractivity contribution in [1.29, 1.82) is 0 Å². The van der Waals surface area contributed by atoms with Crippen molar-refractivity contribution in [3.05, 3.63) is 48.5 Å². The average molecular weight is 354 g/mol. The number of nitrogens with zero attached hydrogens (tertiary/aromatic N) is 2. The molecule has 8 heteroatoms. The quantitative estimate of drug-likeness (QED) is 0.676. The number of methoxy groups -OCH3 is 2. The molecular formula is C18H18N4O4. The average Bonchev–Trinajstić information content (AvgIpc) is 3.15. The van der Waals surface area contributed by atoms with Gasteiger partial charge in [0, 0.05) is 5.56 Å². The Hall–Kier alpha value is -3.55. The van der Waals surface area contributed by atoms with Crippen LogP contribution in [0.1, 0.15) is 0 Å². The predicted octanol–water partition coefficient (Wildman–Crippen LogP) is 2.51. The Balaban J connectivity index is 1.63. The van der Waals surface area contributed by atoms with Crippen LogP contribution in [0.3, 0.4) is 0 Å². The molecule has 3 rings (SSSR count). The van der Waals surface area contributed by atoms with E-state index in [1.165, 1.54) is 0 Å². The van der Waals surface area contributed by atoms with Gasteiger partial charge in [0.25, 0.3) is 5.91 Å². The van der Waals surface area contributed by atoms with Crippen molar-refractivity contribution in [1.82, 2.24) is 15.2 Å². The maximum Gasteiger partial charge on any atom is 0.264 e. The van der Waals surface area contributed by atoms with Crippen molar-refractivity contribution in [3.8, 4) is 28.6 Å². The smallest absolute Gasteiger partial charge is 0.264 e. The summed E-state index contributed by atoms with van der Waals surface area (Å²) in [5, 5.41) is 9.35. The highest BCUT2D eigenvalue weighted by molar-refractivity contribution is 5.90. The van der Waals surface area contributed by atoms with Gasteiger partial charge in [0.05, 0.1) is 14.2 Å². The maximum atomic E-state index is 11.9. The Morgan fingerprint density at radius 1 is 1.08 bits per heavy atom. The molecule has 0 aliphatic heterocycles. The van der Waals surface area contributed by atoms with Crippen molar-refractivity contribution < 1.29 is 19.0 Å². The number of amides is 1. The second kappa shape index (κ2) is 8.02. The Bertz CT molecular complexity index is 880. The summed E-state index contributed by atoms with van der Waals surface area (Å²) in [5.74, 6) is 2.10. The number of carbonyl (C=O) groups is 1. The third-order valence-electron chi connectivity index (χ3n) is 3.51. The molecule has 3 aromatic rings. The zero-order chi connectivity index (χ0) is 18.4. The first-order valence-corrected chi connectivity index (χ1v) is 7.82. The number of H-pyrrole nitrogens is 1. The first-order valence-electron chi connectivity index (χ1n) is 7.82. The number of para-hydroxylation sites is 1. The van der Waals surface area contributed by atoms with Crippen LogP contribution in [0, 0.1) is 0 Å². The van der Waals surface area contributed by atoms with E-state index >= 15 is 0 Å². The van der Waals surface area contributed by atoms with Gasteiger partial charge in [0.2, 0.25) is 5.95 Å². The third-order valence-corrected chi connectivity index (χ3v) is 3.51. The highest BCUT2D eigenvalue weighted by Crippen LogP contribution is 2.31. The van der Waals surface area contributed by atoms with Crippen LogP contribution in [0.4, 0.5) is 5.95 Å². The number of aromatic nitrogens is 3. The zero-order valence-electron chi connectivity index (χ0n) is 14.4. The number of aromatic amines is 1. The Labute approximate surface area is 150 Å². The van der Waals surface area contributed by atoms with Gasteiger partial charge in [-0.05, 0) is 30.3 Å². The van der Waals surface area contributed by atoms with E-state index in [4.69, 9.17) is 14.2 Å². The molecule has 26 heavy (non-hydrogen) atoms. The molecule has 0 aliphatic carbocycles. The number of carbonyl (C=O) groups excluding carboxylic acids is 1. The van der Waals surface area contributed by atoms with Crippen LogP contribution < -0.4 is 19.5 Å². The lowest BCUT2D eigenvalue weighted by atomic mass is 10.2. The standard InChI is InChI=1S/C18H18N4O4/c1-24-14-9-8-12(10-15(14)25-2)17-20-18(22-21-17)19-16(23)11-26-13-6-4-3-5-7-13/h3-10H,11H2,1-2H3,(H2,19,20,21,22,23). The van der Waals surface area contributed by atoms with Gasteiger partial charge in [-0.15, -0.1) is 5.10 Å². The molecule has 8 nitrogen and oxygen atoms in total. The molecule has 0 atom stereocenters. The van der Waals surface area contributed by atoms with E-state index in [9.17, 15) is 4.79 Å².